The van der Waals surface area contributed by atoms with E-state index >= 15 is 0 Å². The van der Waals surface area contributed by atoms with Crippen molar-refractivity contribution in [1.82, 2.24) is 25.3 Å². The van der Waals surface area contributed by atoms with E-state index in [0.717, 1.165) is 58.3 Å². The highest BCUT2D eigenvalue weighted by Gasteiger charge is 2.16. The van der Waals surface area contributed by atoms with Crippen LogP contribution in [0.15, 0.2) is 17.4 Å². The molecule has 2 atom stereocenters. The SMILES string of the molecule is CCNC(=NCC(c1cnn(C)c1)N(C)C)NCCCOCC1CCOC1. The van der Waals surface area contributed by atoms with Crippen molar-refractivity contribution >= 4 is 5.96 Å². The zero-order chi connectivity index (χ0) is 19.5. The van der Waals surface area contributed by atoms with Crippen molar-refractivity contribution in [3.63, 3.8) is 0 Å². The molecular weight excluding hydrogens is 344 g/mol. The van der Waals surface area contributed by atoms with Gasteiger partial charge in [0.05, 0.1) is 32.0 Å². The van der Waals surface area contributed by atoms with Gasteiger partial charge in [-0.05, 0) is 33.9 Å². The van der Waals surface area contributed by atoms with E-state index in [-0.39, 0.29) is 6.04 Å². The van der Waals surface area contributed by atoms with E-state index in [2.05, 4.69) is 41.7 Å². The maximum Gasteiger partial charge on any atom is 0.191 e. The van der Waals surface area contributed by atoms with Gasteiger partial charge in [0, 0.05) is 51.0 Å². The molecule has 1 aromatic heterocycles. The summed E-state index contributed by atoms with van der Waals surface area (Å²) in [5, 5.41) is 11.0. The van der Waals surface area contributed by atoms with Crippen LogP contribution in [0.25, 0.3) is 0 Å². The van der Waals surface area contributed by atoms with Crippen molar-refractivity contribution in [3.8, 4) is 0 Å². The lowest BCUT2D eigenvalue weighted by atomic mass is 10.1. The van der Waals surface area contributed by atoms with Crippen LogP contribution in [-0.4, -0.2) is 80.8 Å². The molecule has 154 valence electrons. The van der Waals surface area contributed by atoms with E-state index in [1.165, 1.54) is 5.56 Å². The summed E-state index contributed by atoms with van der Waals surface area (Å²) >= 11 is 0. The molecule has 2 rings (SSSR count). The number of aromatic nitrogens is 2. The molecule has 0 bridgehead atoms. The molecule has 0 spiro atoms. The first kappa shape index (κ1) is 21.7. The molecule has 8 nitrogen and oxygen atoms in total. The zero-order valence-corrected chi connectivity index (χ0v) is 17.3. The van der Waals surface area contributed by atoms with Crippen molar-refractivity contribution in [2.24, 2.45) is 18.0 Å². The van der Waals surface area contributed by atoms with E-state index in [9.17, 15) is 0 Å². The Morgan fingerprint density at radius 1 is 1.48 bits per heavy atom. The van der Waals surface area contributed by atoms with E-state index < -0.39 is 0 Å². The molecule has 1 aromatic rings. The first-order valence-corrected chi connectivity index (χ1v) is 9.92. The van der Waals surface area contributed by atoms with Gasteiger partial charge in [-0.15, -0.1) is 0 Å². The Hall–Kier alpha value is -1.64. The van der Waals surface area contributed by atoms with Gasteiger partial charge in [0.15, 0.2) is 5.96 Å². The predicted molar refractivity (Wildman–Crippen MR) is 108 cm³/mol. The summed E-state index contributed by atoms with van der Waals surface area (Å²) in [5.41, 5.74) is 1.17. The minimum atomic E-state index is 0.200. The molecule has 0 radical (unpaired) electrons. The first-order chi connectivity index (χ1) is 13.1. The fourth-order valence-electron chi connectivity index (χ4n) is 3.04. The van der Waals surface area contributed by atoms with Crippen molar-refractivity contribution < 1.29 is 9.47 Å². The Balaban J connectivity index is 1.73. The van der Waals surface area contributed by atoms with E-state index in [4.69, 9.17) is 14.5 Å². The van der Waals surface area contributed by atoms with Gasteiger partial charge in [-0.3, -0.25) is 9.67 Å². The number of ether oxygens (including phenoxy) is 2. The fourth-order valence-corrected chi connectivity index (χ4v) is 3.04. The third-order valence-corrected chi connectivity index (χ3v) is 4.63. The summed E-state index contributed by atoms with van der Waals surface area (Å²) < 4.78 is 12.9. The van der Waals surface area contributed by atoms with Crippen LogP contribution in [0.2, 0.25) is 0 Å². The number of nitrogens with one attached hydrogen (secondary N) is 2. The third-order valence-electron chi connectivity index (χ3n) is 4.63. The van der Waals surface area contributed by atoms with Crippen molar-refractivity contribution in [1.29, 1.82) is 0 Å². The average molecular weight is 381 g/mol. The van der Waals surface area contributed by atoms with Crippen LogP contribution in [0.1, 0.15) is 31.4 Å². The maximum atomic E-state index is 5.75. The van der Waals surface area contributed by atoms with Gasteiger partial charge in [-0.2, -0.15) is 5.10 Å². The lowest BCUT2D eigenvalue weighted by Gasteiger charge is -2.22. The van der Waals surface area contributed by atoms with Crippen LogP contribution in [0.5, 0.6) is 0 Å². The van der Waals surface area contributed by atoms with Crippen molar-refractivity contribution in [2.45, 2.75) is 25.8 Å². The summed E-state index contributed by atoms with van der Waals surface area (Å²) in [6.07, 6.45) is 6.04. The van der Waals surface area contributed by atoms with Gasteiger partial charge in [0.1, 0.15) is 0 Å². The fraction of sp³-hybridized carbons (Fsp3) is 0.789. The Bertz CT molecular complexity index is 554. The summed E-state index contributed by atoms with van der Waals surface area (Å²) in [5.74, 6) is 1.42. The third kappa shape index (κ3) is 7.86. The smallest absolute Gasteiger partial charge is 0.191 e. The Morgan fingerprint density at radius 2 is 2.33 bits per heavy atom. The molecule has 1 saturated heterocycles. The van der Waals surface area contributed by atoms with Gasteiger partial charge in [0.2, 0.25) is 0 Å². The molecule has 27 heavy (non-hydrogen) atoms. The normalized spacial score (nSPS) is 18.9. The van der Waals surface area contributed by atoms with E-state index in [0.29, 0.717) is 12.5 Å². The van der Waals surface area contributed by atoms with Crippen LogP contribution in [-0.2, 0) is 16.5 Å². The first-order valence-electron chi connectivity index (χ1n) is 9.92. The molecular formula is C19H36N6O2. The number of rotatable bonds is 11. The minimum absolute atomic E-state index is 0.200. The van der Waals surface area contributed by atoms with Gasteiger partial charge in [-0.25, -0.2) is 0 Å². The molecule has 8 heteroatoms. The second-order valence-electron chi connectivity index (χ2n) is 7.23. The van der Waals surface area contributed by atoms with E-state index in [1.807, 2.05) is 24.1 Å². The summed E-state index contributed by atoms with van der Waals surface area (Å²) in [6.45, 7) is 7.73. The highest BCUT2D eigenvalue weighted by molar-refractivity contribution is 5.79. The maximum absolute atomic E-state index is 5.75. The predicted octanol–water partition coefficient (Wildman–Crippen LogP) is 1.02. The van der Waals surface area contributed by atoms with Crippen molar-refractivity contribution in [3.05, 3.63) is 18.0 Å². The lowest BCUT2D eigenvalue weighted by molar-refractivity contribution is 0.0888. The highest BCUT2D eigenvalue weighted by Crippen LogP contribution is 2.17. The van der Waals surface area contributed by atoms with Crippen molar-refractivity contribution in [2.75, 3.05) is 60.2 Å². The van der Waals surface area contributed by atoms with Crippen LogP contribution in [0, 0.1) is 5.92 Å². The van der Waals surface area contributed by atoms with Crippen LogP contribution < -0.4 is 10.6 Å². The monoisotopic (exact) mass is 380 g/mol. The second kappa shape index (κ2) is 11.9. The van der Waals surface area contributed by atoms with Gasteiger partial charge < -0.3 is 25.0 Å². The number of likely N-dealkylation sites (N-methyl/N-ethyl adjacent to an activating group) is 1. The van der Waals surface area contributed by atoms with Gasteiger partial charge in [0.25, 0.3) is 0 Å². The van der Waals surface area contributed by atoms with Crippen LogP contribution >= 0.6 is 0 Å². The molecule has 2 heterocycles. The van der Waals surface area contributed by atoms with Gasteiger partial charge in [-0.1, -0.05) is 0 Å². The minimum Gasteiger partial charge on any atom is -0.381 e. The Morgan fingerprint density at radius 3 is 2.96 bits per heavy atom. The van der Waals surface area contributed by atoms with Crippen LogP contribution in [0.4, 0.5) is 0 Å². The molecule has 0 saturated carbocycles. The lowest BCUT2D eigenvalue weighted by Crippen LogP contribution is -2.38. The summed E-state index contributed by atoms with van der Waals surface area (Å²) in [4.78, 5) is 6.93. The molecule has 0 amide bonds. The molecule has 0 aliphatic carbocycles. The van der Waals surface area contributed by atoms with Crippen LogP contribution in [0.3, 0.4) is 0 Å². The Kier molecular flexibility index (Phi) is 9.58. The zero-order valence-electron chi connectivity index (χ0n) is 17.3. The molecule has 2 unspecified atom stereocenters. The van der Waals surface area contributed by atoms with Gasteiger partial charge >= 0.3 is 0 Å². The molecule has 2 N–H and O–H groups in total. The topological polar surface area (TPSA) is 75.9 Å². The highest BCUT2D eigenvalue weighted by atomic mass is 16.5. The number of aliphatic imine (C=N–C) groups is 1. The summed E-state index contributed by atoms with van der Waals surface area (Å²) in [7, 11) is 6.08. The number of guanidine groups is 1. The quantitative estimate of drug-likeness (QED) is 0.339. The van der Waals surface area contributed by atoms with E-state index in [1.54, 1.807) is 0 Å². The molecule has 1 aliphatic rings. The number of aryl methyl sites for hydroxylation is 1. The average Bonchev–Trinajstić information content (AvgIpc) is 3.29. The number of nitrogens with zero attached hydrogens (tertiary/aromatic N) is 4. The number of hydrogen-bond acceptors (Lipinski definition) is 5. The molecule has 1 fully saturated rings. The summed E-state index contributed by atoms with van der Waals surface area (Å²) in [6, 6.07) is 0.200. The molecule has 0 aromatic carbocycles. The number of hydrogen-bond donors (Lipinski definition) is 2. The molecule has 1 aliphatic heterocycles. The second-order valence-corrected chi connectivity index (χ2v) is 7.23. The standard InChI is InChI=1S/C19H36N6O2/c1-5-20-19(21-8-6-9-26-14-16-7-10-27-15-16)22-12-18(24(2)3)17-11-23-25(4)13-17/h11,13,16,18H,5-10,12,14-15H2,1-4H3,(H2,20,21,22). The largest absolute Gasteiger partial charge is 0.381 e. The Labute approximate surface area is 163 Å².